The first-order valence-electron chi connectivity index (χ1n) is 9.60. The number of amides is 1. The average molecular weight is 373 g/mol. The van der Waals surface area contributed by atoms with Gasteiger partial charge >= 0.3 is 0 Å². The Morgan fingerprint density at radius 2 is 1.85 bits per heavy atom. The summed E-state index contributed by atoms with van der Waals surface area (Å²) in [7, 11) is 0. The fraction of sp³-hybridized carbons (Fsp3) is 0.476. The molecule has 5 nitrogen and oxygen atoms in total. The van der Waals surface area contributed by atoms with Gasteiger partial charge in [-0.05, 0) is 37.5 Å². The third kappa shape index (κ3) is 4.22. The lowest BCUT2D eigenvalue weighted by atomic mass is 9.99. The molecule has 146 valence electrons. The number of carbonyl (C=O) groups excluding carboxylic acids is 1. The second-order valence-electron chi connectivity index (χ2n) is 6.97. The van der Waals surface area contributed by atoms with Gasteiger partial charge in [-0.2, -0.15) is 0 Å². The maximum absolute atomic E-state index is 13.4. The van der Waals surface area contributed by atoms with Crippen molar-refractivity contribution in [2.45, 2.75) is 33.2 Å². The zero-order valence-corrected chi connectivity index (χ0v) is 16.1. The maximum Gasteiger partial charge on any atom is 0.251 e. The SMILES string of the molecule is CCc1c(-c2ccc(F)cc2)c(C(N)=O)c(C)n1CCCN1CCOCC1. The molecule has 6 heteroatoms. The quantitative estimate of drug-likeness (QED) is 0.812. The van der Waals surface area contributed by atoms with E-state index in [2.05, 4.69) is 16.4 Å². The average Bonchev–Trinajstić information content (AvgIpc) is 2.95. The molecule has 3 rings (SSSR count). The van der Waals surface area contributed by atoms with Crippen LogP contribution in [0.15, 0.2) is 24.3 Å². The fourth-order valence-corrected chi connectivity index (χ4v) is 3.97. The van der Waals surface area contributed by atoms with E-state index in [1.165, 1.54) is 12.1 Å². The Bertz CT molecular complexity index is 793. The molecule has 0 saturated carbocycles. The van der Waals surface area contributed by atoms with E-state index in [-0.39, 0.29) is 5.82 Å². The summed E-state index contributed by atoms with van der Waals surface area (Å²) in [6.45, 7) is 9.38. The molecule has 0 unspecified atom stereocenters. The Morgan fingerprint density at radius 3 is 2.44 bits per heavy atom. The molecule has 27 heavy (non-hydrogen) atoms. The van der Waals surface area contributed by atoms with Crippen LogP contribution in [0.5, 0.6) is 0 Å². The predicted molar refractivity (Wildman–Crippen MR) is 104 cm³/mol. The predicted octanol–water partition coefficient (Wildman–Crippen LogP) is 2.99. The van der Waals surface area contributed by atoms with Crippen LogP contribution in [-0.2, 0) is 17.7 Å². The normalized spacial score (nSPS) is 15.2. The number of nitrogens with two attached hydrogens (primary N) is 1. The van der Waals surface area contributed by atoms with E-state index >= 15 is 0 Å². The third-order valence-electron chi connectivity index (χ3n) is 5.31. The van der Waals surface area contributed by atoms with Crippen molar-refractivity contribution in [2.75, 3.05) is 32.8 Å². The van der Waals surface area contributed by atoms with Crippen molar-refractivity contribution < 1.29 is 13.9 Å². The summed E-state index contributed by atoms with van der Waals surface area (Å²) in [5.74, 6) is -0.729. The van der Waals surface area contributed by atoms with E-state index in [0.717, 1.165) is 74.7 Å². The van der Waals surface area contributed by atoms with E-state index < -0.39 is 5.91 Å². The van der Waals surface area contributed by atoms with Gasteiger partial charge in [0.25, 0.3) is 5.91 Å². The lowest BCUT2D eigenvalue weighted by Crippen LogP contribution is -2.37. The third-order valence-corrected chi connectivity index (χ3v) is 5.31. The van der Waals surface area contributed by atoms with Crippen molar-refractivity contribution in [3.8, 4) is 11.1 Å². The van der Waals surface area contributed by atoms with Crippen LogP contribution in [0.25, 0.3) is 11.1 Å². The van der Waals surface area contributed by atoms with Gasteiger partial charge in [-0.3, -0.25) is 9.69 Å². The minimum atomic E-state index is -0.437. The molecule has 0 radical (unpaired) electrons. The van der Waals surface area contributed by atoms with Gasteiger partial charge in [0.1, 0.15) is 5.82 Å². The number of nitrogens with zero attached hydrogens (tertiary/aromatic N) is 2. The molecule has 1 aliphatic heterocycles. The summed E-state index contributed by atoms with van der Waals surface area (Å²) in [5, 5.41) is 0. The molecular formula is C21H28FN3O2. The Hall–Kier alpha value is -2.18. The summed E-state index contributed by atoms with van der Waals surface area (Å²) in [4.78, 5) is 14.6. The van der Waals surface area contributed by atoms with Crippen LogP contribution in [0.3, 0.4) is 0 Å². The molecule has 1 fully saturated rings. The largest absolute Gasteiger partial charge is 0.379 e. The zero-order valence-electron chi connectivity index (χ0n) is 16.1. The first-order chi connectivity index (χ1) is 13.0. The van der Waals surface area contributed by atoms with E-state index in [1.807, 2.05) is 6.92 Å². The van der Waals surface area contributed by atoms with Crippen LogP contribution in [0.1, 0.15) is 35.1 Å². The van der Waals surface area contributed by atoms with Crippen molar-refractivity contribution in [2.24, 2.45) is 5.73 Å². The first-order valence-corrected chi connectivity index (χ1v) is 9.60. The summed E-state index contributed by atoms with van der Waals surface area (Å²) < 4.78 is 21.0. The van der Waals surface area contributed by atoms with Gasteiger partial charge < -0.3 is 15.0 Å². The number of carbonyl (C=O) groups is 1. The number of hydrogen-bond acceptors (Lipinski definition) is 3. The fourth-order valence-electron chi connectivity index (χ4n) is 3.97. The standard InChI is InChI=1S/C21H28FN3O2/c1-3-18-20(16-5-7-17(22)8-6-16)19(21(23)26)15(2)25(18)10-4-9-24-11-13-27-14-12-24/h5-8H,3-4,9-14H2,1-2H3,(H2,23,26). The van der Waals surface area contributed by atoms with Crippen LogP contribution in [0.4, 0.5) is 4.39 Å². The highest BCUT2D eigenvalue weighted by Gasteiger charge is 2.24. The van der Waals surface area contributed by atoms with E-state index in [4.69, 9.17) is 10.5 Å². The van der Waals surface area contributed by atoms with Crippen molar-refractivity contribution >= 4 is 5.91 Å². The van der Waals surface area contributed by atoms with Crippen LogP contribution < -0.4 is 5.73 Å². The molecule has 1 aromatic heterocycles. The molecule has 1 saturated heterocycles. The van der Waals surface area contributed by atoms with Gasteiger partial charge in [0.2, 0.25) is 0 Å². The van der Waals surface area contributed by atoms with E-state index in [9.17, 15) is 9.18 Å². The van der Waals surface area contributed by atoms with Crippen molar-refractivity contribution in [3.05, 3.63) is 47.0 Å². The summed E-state index contributed by atoms with van der Waals surface area (Å²) in [6.07, 6.45) is 1.77. The molecule has 0 aliphatic carbocycles. The minimum Gasteiger partial charge on any atom is -0.379 e. The molecule has 1 aromatic carbocycles. The topological polar surface area (TPSA) is 60.5 Å². The van der Waals surface area contributed by atoms with E-state index in [1.54, 1.807) is 12.1 Å². The van der Waals surface area contributed by atoms with Crippen molar-refractivity contribution in [1.82, 2.24) is 9.47 Å². The Kier molecular flexibility index (Phi) is 6.29. The smallest absolute Gasteiger partial charge is 0.251 e. The highest BCUT2D eigenvalue weighted by atomic mass is 19.1. The Morgan fingerprint density at radius 1 is 1.19 bits per heavy atom. The maximum atomic E-state index is 13.4. The monoisotopic (exact) mass is 373 g/mol. The molecule has 0 spiro atoms. The van der Waals surface area contributed by atoms with Gasteiger partial charge in [0.05, 0.1) is 18.8 Å². The molecule has 2 heterocycles. The lowest BCUT2D eigenvalue weighted by Gasteiger charge is -2.26. The van der Waals surface area contributed by atoms with Crippen LogP contribution in [-0.4, -0.2) is 48.2 Å². The second kappa shape index (κ2) is 8.67. The number of rotatable bonds is 7. The summed E-state index contributed by atoms with van der Waals surface area (Å²) in [6, 6.07) is 6.27. The zero-order chi connectivity index (χ0) is 19.4. The first kappa shape index (κ1) is 19.6. The number of halogens is 1. The Labute approximate surface area is 159 Å². The summed E-state index contributed by atoms with van der Waals surface area (Å²) >= 11 is 0. The second-order valence-corrected chi connectivity index (χ2v) is 6.97. The van der Waals surface area contributed by atoms with E-state index in [0.29, 0.717) is 5.56 Å². The summed E-state index contributed by atoms with van der Waals surface area (Å²) in [5.41, 5.74) is 9.90. The number of hydrogen-bond donors (Lipinski definition) is 1. The number of primary amides is 1. The Balaban J connectivity index is 1.90. The van der Waals surface area contributed by atoms with Crippen molar-refractivity contribution in [3.63, 3.8) is 0 Å². The van der Waals surface area contributed by atoms with Gasteiger partial charge in [-0.15, -0.1) is 0 Å². The van der Waals surface area contributed by atoms with Crippen LogP contribution >= 0.6 is 0 Å². The highest BCUT2D eigenvalue weighted by Crippen LogP contribution is 2.33. The molecule has 0 atom stereocenters. The van der Waals surface area contributed by atoms with Crippen molar-refractivity contribution in [1.29, 1.82) is 0 Å². The lowest BCUT2D eigenvalue weighted by molar-refractivity contribution is 0.0369. The van der Waals surface area contributed by atoms with Gasteiger partial charge in [-0.1, -0.05) is 19.1 Å². The molecule has 0 bridgehead atoms. The molecule has 1 aliphatic rings. The number of benzene rings is 1. The molecule has 1 amide bonds. The van der Waals surface area contributed by atoms with Gasteiger partial charge in [0.15, 0.2) is 0 Å². The van der Waals surface area contributed by atoms with Crippen LogP contribution in [0, 0.1) is 12.7 Å². The highest BCUT2D eigenvalue weighted by molar-refractivity contribution is 6.02. The number of ether oxygens (including phenoxy) is 1. The van der Waals surface area contributed by atoms with Gasteiger partial charge in [-0.25, -0.2) is 4.39 Å². The number of aromatic nitrogens is 1. The van der Waals surface area contributed by atoms with Crippen LogP contribution in [0.2, 0.25) is 0 Å². The molecule has 2 aromatic rings. The minimum absolute atomic E-state index is 0.293. The number of morpholine rings is 1. The van der Waals surface area contributed by atoms with Gasteiger partial charge in [0, 0.05) is 43.1 Å². The molecule has 2 N–H and O–H groups in total. The molecular weight excluding hydrogens is 345 g/mol.